The van der Waals surface area contributed by atoms with Gasteiger partial charge < -0.3 is 9.41 Å². The lowest BCUT2D eigenvalue weighted by atomic mass is 9.92. The van der Waals surface area contributed by atoms with E-state index in [1.807, 2.05) is 133 Å². The third-order valence-electron chi connectivity index (χ3n) is 9.38. The van der Waals surface area contributed by atoms with Crippen LogP contribution in [0.1, 0.15) is 20.7 Å². The summed E-state index contributed by atoms with van der Waals surface area (Å²) in [5.41, 5.74) is 8.78. The SMILES string of the molecule is [C-]#[N+]c1cccc(-c2ccc3c4ccccc4n(-c4cccc5c4C(=O)N(c4cccc(-c6ccccc6)c4-c4ccccc4)C5=O)c3c2)n1. The van der Waals surface area contributed by atoms with Gasteiger partial charge in [-0.05, 0) is 65.2 Å². The standard InChI is InChI=1S/C44H26N4O2/c1-45-40-24-12-20-35(46-40)30-25-26-33-32-17-8-9-21-36(32)47(39(33)27-30)38-23-11-19-34-42(38)44(50)48(43(34)49)37-22-10-18-31(28-13-4-2-5-14-28)41(37)29-15-6-3-7-16-29/h2-27H. The van der Waals surface area contributed by atoms with E-state index in [1.54, 1.807) is 12.1 Å². The Kier molecular flexibility index (Phi) is 6.72. The number of benzene rings is 6. The highest BCUT2D eigenvalue weighted by molar-refractivity contribution is 6.36. The number of aromatic nitrogens is 2. The monoisotopic (exact) mass is 642 g/mol. The molecule has 0 fully saturated rings. The zero-order valence-electron chi connectivity index (χ0n) is 26.6. The highest BCUT2D eigenvalue weighted by Crippen LogP contribution is 2.44. The lowest BCUT2D eigenvalue weighted by Crippen LogP contribution is -2.30. The molecule has 6 aromatic carbocycles. The summed E-state index contributed by atoms with van der Waals surface area (Å²) in [5.74, 6) is -0.424. The van der Waals surface area contributed by atoms with E-state index >= 15 is 0 Å². The highest BCUT2D eigenvalue weighted by atomic mass is 16.2. The molecule has 8 aromatic rings. The van der Waals surface area contributed by atoms with Gasteiger partial charge in [0.05, 0.1) is 33.5 Å². The number of nitrogens with zero attached hydrogens (tertiary/aromatic N) is 4. The zero-order chi connectivity index (χ0) is 33.8. The average molecular weight is 643 g/mol. The lowest BCUT2D eigenvalue weighted by Gasteiger charge is -2.22. The summed E-state index contributed by atoms with van der Waals surface area (Å²) in [4.78, 5) is 38.7. The lowest BCUT2D eigenvalue weighted by molar-refractivity contribution is 0.0926. The average Bonchev–Trinajstić information content (AvgIpc) is 3.65. The van der Waals surface area contributed by atoms with E-state index in [-0.39, 0.29) is 11.8 Å². The maximum atomic E-state index is 14.8. The molecular formula is C44H26N4O2. The number of carbonyl (C=O) groups excluding carboxylic acids is 2. The number of hydrogen-bond donors (Lipinski definition) is 0. The first kappa shape index (κ1) is 29.1. The van der Waals surface area contributed by atoms with Crippen LogP contribution in [0.25, 0.3) is 65.8 Å². The molecular weight excluding hydrogens is 617 g/mol. The van der Waals surface area contributed by atoms with Crippen LogP contribution in [0.5, 0.6) is 0 Å². The van der Waals surface area contributed by atoms with E-state index in [4.69, 9.17) is 6.57 Å². The molecule has 234 valence electrons. The van der Waals surface area contributed by atoms with Gasteiger partial charge in [-0.3, -0.25) is 9.59 Å². The predicted octanol–water partition coefficient (Wildman–Crippen LogP) is 10.5. The van der Waals surface area contributed by atoms with Gasteiger partial charge in [0.15, 0.2) is 5.69 Å². The normalized spacial score (nSPS) is 12.4. The number of fused-ring (bicyclic) bond motifs is 4. The van der Waals surface area contributed by atoms with Crippen LogP contribution in [0.15, 0.2) is 158 Å². The molecule has 0 saturated heterocycles. The molecule has 9 rings (SSSR count). The molecule has 2 aromatic heterocycles. The summed E-state index contributed by atoms with van der Waals surface area (Å²) < 4.78 is 2.07. The number of amides is 2. The molecule has 3 heterocycles. The van der Waals surface area contributed by atoms with Gasteiger partial charge in [0.25, 0.3) is 17.6 Å². The van der Waals surface area contributed by atoms with Crippen LogP contribution < -0.4 is 4.90 Å². The number of rotatable bonds is 5. The Morgan fingerprint density at radius 2 is 1.16 bits per heavy atom. The first-order valence-electron chi connectivity index (χ1n) is 16.3. The first-order chi connectivity index (χ1) is 24.6. The van der Waals surface area contributed by atoms with Crippen LogP contribution in [0, 0.1) is 6.57 Å². The fourth-order valence-electron chi connectivity index (χ4n) is 7.20. The van der Waals surface area contributed by atoms with Crippen molar-refractivity contribution in [3.63, 3.8) is 0 Å². The summed E-state index contributed by atoms with van der Waals surface area (Å²) in [5, 5.41) is 2.02. The van der Waals surface area contributed by atoms with Crippen LogP contribution in [0.3, 0.4) is 0 Å². The Bertz CT molecular complexity index is 2710. The van der Waals surface area contributed by atoms with Crippen molar-refractivity contribution < 1.29 is 9.59 Å². The predicted molar refractivity (Wildman–Crippen MR) is 199 cm³/mol. The van der Waals surface area contributed by atoms with E-state index in [0.29, 0.717) is 34.0 Å². The smallest absolute Gasteiger partial charge is 0.270 e. The van der Waals surface area contributed by atoms with Crippen LogP contribution in [-0.2, 0) is 0 Å². The zero-order valence-corrected chi connectivity index (χ0v) is 26.6. The number of para-hydroxylation sites is 1. The van der Waals surface area contributed by atoms with Crippen LogP contribution in [0.4, 0.5) is 11.5 Å². The van der Waals surface area contributed by atoms with Crippen molar-refractivity contribution in [3.8, 4) is 39.2 Å². The van der Waals surface area contributed by atoms with Crippen LogP contribution >= 0.6 is 0 Å². The summed E-state index contributed by atoms with van der Waals surface area (Å²) >= 11 is 0. The second kappa shape index (κ2) is 11.6. The highest BCUT2D eigenvalue weighted by Gasteiger charge is 2.40. The van der Waals surface area contributed by atoms with E-state index in [9.17, 15) is 9.59 Å². The Labute approximate surface area is 287 Å². The molecule has 1 aliphatic rings. The number of imide groups is 1. The third kappa shape index (κ3) is 4.45. The molecule has 0 aliphatic carbocycles. The Morgan fingerprint density at radius 3 is 1.94 bits per heavy atom. The molecule has 0 N–H and O–H groups in total. The van der Waals surface area contributed by atoms with E-state index in [0.717, 1.165) is 49.6 Å². The number of carbonyl (C=O) groups is 2. The van der Waals surface area contributed by atoms with E-state index < -0.39 is 0 Å². The molecule has 0 unspecified atom stereocenters. The molecule has 50 heavy (non-hydrogen) atoms. The van der Waals surface area contributed by atoms with Crippen molar-refractivity contribution in [1.82, 2.24) is 9.55 Å². The third-order valence-corrected chi connectivity index (χ3v) is 9.38. The van der Waals surface area contributed by atoms with Gasteiger partial charge in [-0.1, -0.05) is 116 Å². The number of anilines is 1. The largest absolute Gasteiger partial charge is 0.361 e. The summed E-state index contributed by atoms with van der Waals surface area (Å²) in [6.07, 6.45) is 0. The van der Waals surface area contributed by atoms with Crippen molar-refractivity contribution in [3.05, 3.63) is 180 Å². The fourth-order valence-corrected chi connectivity index (χ4v) is 7.20. The molecule has 6 heteroatoms. The van der Waals surface area contributed by atoms with E-state index in [1.165, 1.54) is 4.90 Å². The molecule has 2 amide bonds. The van der Waals surface area contributed by atoms with Gasteiger partial charge >= 0.3 is 0 Å². The van der Waals surface area contributed by atoms with Gasteiger partial charge in [-0.15, -0.1) is 4.98 Å². The number of pyridine rings is 1. The molecule has 0 atom stereocenters. The molecule has 0 spiro atoms. The van der Waals surface area contributed by atoms with Crippen LogP contribution in [-0.4, -0.2) is 21.4 Å². The Morgan fingerprint density at radius 1 is 0.500 bits per heavy atom. The van der Waals surface area contributed by atoms with Crippen molar-refractivity contribution in [2.24, 2.45) is 0 Å². The molecule has 6 nitrogen and oxygen atoms in total. The molecule has 1 aliphatic heterocycles. The second-order valence-electron chi connectivity index (χ2n) is 12.2. The first-order valence-corrected chi connectivity index (χ1v) is 16.3. The van der Waals surface area contributed by atoms with Gasteiger partial charge in [0, 0.05) is 21.9 Å². The quantitative estimate of drug-likeness (QED) is 0.139. The second-order valence-corrected chi connectivity index (χ2v) is 12.2. The van der Waals surface area contributed by atoms with Gasteiger partial charge in [-0.2, -0.15) is 0 Å². The van der Waals surface area contributed by atoms with Crippen molar-refractivity contribution in [2.45, 2.75) is 0 Å². The van der Waals surface area contributed by atoms with Crippen molar-refractivity contribution >= 4 is 45.1 Å². The van der Waals surface area contributed by atoms with Crippen LogP contribution in [0.2, 0.25) is 0 Å². The fraction of sp³-hybridized carbons (Fsp3) is 0. The topological polar surface area (TPSA) is 59.6 Å². The summed E-state index contributed by atoms with van der Waals surface area (Å²) in [6, 6.07) is 50.8. The minimum absolute atomic E-state index is 0.319. The molecule has 0 saturated carbocycles. The Balaban J connectivity index is 1.26. The minimum Gasteiger partial charge on any atom is -0.361 e. The van der Waals surface area contributed by atoms with Crippen molar-refractivity contribution in [1.29, 1.82) is 0 Å². The Hall–Kier alpha value is -7.10. The van der Waals surface area contributed by atoms with Gasteiger partial charge in [-0.25, -0.2) is 4.90 Å². The maximum Gasteiger partial charge on any atom is 0.270 e. The summed E-state index contributed by atoms with van der Waals surface area (Å²) in [7, 11) is 0. The van der Waals surface area contributed by atoms with Crippen molar-refractivity contribution in [2.75, 3.05) is 4.90 Å². The molecule has 0 radical (unpaired) electrons. The van der Waals surface area contributed by atoms with Gasteiger partial charge in [0.1, 0.15) is 0 Å². The maximum absolute atomic E-state index is 14.8. The molecule has 0 bridgehead atoms. The van der Waals surface area contributed by atoms with Gasteiger partial charge in [0.2, 0.25) is 0 Å². The summed E-state index contributed by atoms with van der Waals surface area (Å²) in [6.45, 7) is 7.45. The number of hydrogen-bond acceptors (Lipinski definition) is 3. The van der Waals surface area contributed by atoms with E-state index in [2.05, 4.69) is 26.5 Å². The minimum atomic E-state index is -0.378.